The van der Waals surface area contributed by atoms with E-state index >= 15 is 0 Å². The Bertz CT molecular complexity index is 1460. The Balaban J connectivity index is 1.24. The van der Waals surface area contributed by atoms with Gasteiger partial charge in [-0.05, 0) is 73.0 Å². The van der Waals surface area contributed by atoms with Gasteiger partial charge in [-0.1, -0.05) is 61.5 Å². The molecule has 6 rings (SSSR count). The maximum absolute atomic E-state index is 13.0. The second kappa shape index (κ2) is 8.21. The zero-order valence-corrected chi connectivity index (χ0v) is 20.4. The Morgan fingerprint density at radius 1 is 1.03 bits per heavy atom. The summed E-state index contributed by atoms with van der Waals surface area (Å²) in [5, 5.41) is 12.0. The van der Waals surface area contributed by atoms with Crippen molar-refractivity contribution in [1.82, 2.24) is 15.1 Å². The van der Waals surface area contributed by atoms with E-state index in [4.69, 9.17) is 0 Å². The molecule has 176 valence electrons. The molecule has 4 aromatic rings. The fraction of sp³-hybridized carbons (Fsp3) is 0.267. The van der Waals surface area contributed by atoms with E-state index < -0.39 is 5.41 Å². The molecule has 1 spiro atoms. The van der Waals surface area contributed by atoms with Gasteiger partial charge in [-0.15, -0.1) is 0 Å². The van der Waals surface area contributed by atoms with E-state index in [1.807, 2.05) is 0 Å². The van der Waals surface area contributed by atoms with Crippen molar-refractivity contribution in [3.8, 4) is 0 Å². The smallest absolute Gasteiger partial charge is 0.235 e. The lowest BCUT2D eigenvalue weighted by Gasteiger charge is -2.10. The second-order valence-electron chi connectivity index (χ2n) is 10.1. The lowest BCUT2D eigenvalue weighted by atomic mass is 9.90. The van der Waals surface area contributed by atoms with Crippen LogP contribution in [0.25, 0.3) is 23.1 Å². The summed E-state index contributed by atoms with van der Waals surface area (Å²) in [7, 11) is 4.16. The number of nitrogens with zero attached hydrogens (tertiary/aromatic N) is 2. The first-order valence-electron chi connectivity index (χ1n) is 12.3. The third kappa shape index (κ3) is 3.67. The molecule has 3 aromatic carbocycles. The van der Waals surface area contributed by atoms with E-state index in [9.17, 15) is 4.79 Å². The summed E-state index contributed by atoms with van der Waals surface area (Å²) in [5.74, 6) is 0.332. The molecule has 0 saturated heterocycles. The number of aromatic amines is 1. The van der Waals surface area contributed by atoms with Crippen molar-refractivity contribution in [2.45, 2.75) is 37.6 Å². The summed E-state index contributed by atoms with van der Waals surface area (Å²) in [4.78, 5) is 15.2. The molecule has 5 heteroatoms. The zero-order chi connectivity index (χ0) is 24.2. The molecule has 1 aliphatic heterocycles. The lowest BCUT2D eigenvalue weighted by Crippen LogP contribution is -2.21. The molecule has 2 atom stereocenters. The van der Waals surface area contributed by atoms with Crippen LogP contribution in [0.3, 0.4) is 0 Å². The van der Waals surface area contributed by atoms with Crippen molar-refractivity contribution in [2.24, 2.45) is 0 Å². The van der Waals surface area contributed by atoms with Gasteiger partial charge in [-0.3, -0.25) is 9.89 Å². The Morgan fingerprint density at radius 2 is 1.83 bits per heavy atom. The molecule has 1 aromatic heterocycles. The third-order valence-electron chi connectivity index (χ3n) is 7.52. The van der Waals surface area contributed by atoms with E-state index in [0.717, 1.165) is 52.8 Å². The van der Waals surface area contributed by atoms with Crippen LogP contribution in [0, 0.1) is 0 Å². The quantitative estimate of drug-likeness (QED) is 0.384. The van der Waals surface area contributed by atoms with Crippen LogP contribution in [0.5, 0.6) is 0 Å². The van der Waals surface area contributed by atoms with Crippen LogP contribution in [-0.2, 0) is 23.2 Å². The minimum Gasteiger partial charge on any atom is -0.325 e. The van der Waals surface area contributed by atoms with Crippen LogP contribution in [0.2, 0.25) is 0 Å². The topological polar surface area (TPSA) is 61.0 Å². The number of carbonyl (C=O) groups is 1. The molecule has 5 nitrogen and oxygen atoms in total. The molecule has 0 bridgehead atoms. The SMILES string of the molecule is CCc1ccc2c(c1)[C@]1(C[C@H]1c1ccc3c(C=Cc4ccc(CN(C)C)cc4)n[nH]c3c1)C(=O)N2. The molecular weight excluding hydrogens is 432 g/mol. The summed E-state index contributed by atoms with van der Waals surface area (Å²) >= 11 is 0. The van der Waals surface area contributed by atoms with Gasteiger partial charge in [-0.2, -0.15) is 5.10 Å². The van der Waals surface area contributed by atoms with Crippen LogP contribution in [0.15, 0.2) is 60.7 Å². The van der Waals surface area contributed by atoms with Gasteiger partial charge in [0.05, 0.1) is 16.6 Å². The Hall–Kier alpha value is -3.70. The van der Waals surface area contributed by atoms with Crippen molar-refractivity contribution in [1.29, 1.82) is 0 Å². The Morgan fingerprint density at radius 3 is 2.60 bits per heavy atom. The molecule has 0 unspecified atom stereocenters. The molecule has 2 aliphatic rings. The van der Waals surface area contributed by atoms with E-state index in [1.165, 1.54) is 16.7 Å². The van der Waals surface area contributed by atoms with Gasteiger partial charge in [0.1, 0.15) is 0 Å². The van der Waals surface area contributed by atoms with E-state index in [2.05, 4.69) is 114 Å². The van der Waals surface area contributed by atoms with Gasteiger partial charge < -0.3 is 10.2 Å². The van der Waals surface area contributed by atoms with Crippen molar-refractivity contribution >= 4 is 34.6 Å². The maximum atomic E-state index is 13.0. The van der Waals surface area contributed by atoms with Gasteiger partial charge in [0.25, 0.3) is 0 Å². The fourth-order valence-corrected chi connectivity index (χ4v) is 5.54. The average molecular weight is 463 g/mol. The highest BCUT2D eigenvalue weighted by molar-refractivity contribution is 6.10. The summed E-state index contributed by atoms with van der Waals surface area (Å²) < 4.78 is 0. The average Bonchev–Trinajstić information content (AvgIpc) is 3.40. The largest absolute Gasteiger partial charge is 0.325 e. The monoisotopic (exact) mass is 462 g/mol. The molecule has 1 saturated carbocycles. The number of nitrogens with one attached hydrogen (secondary N) is 2. The first-order chi connectivity index (χ1) is 17.0. The minimum absolute atomic E-state index is 0.135. The number of aryl methyl sites for hydroxylation is 1. The molecule has 1 fully saturated rings. The number of hydrogen-bond donors (Lipinski definition) is 2. The van der Waals surface area contributed by atoms with Crippen molar-refractivity contribution in [3.05, 3.63) is 94.2 Å². The molecule has 0 radical (unpaired) electrons. The number of rotatable bonds is 6. The summed E-state index contributed by atoms with van der Waals surface area (Å²) in [6.07, 6.45) is 5.99. The lowest BCUT2D eigenvalue weighted by molar-refractivity contribution is -0.118. The first-order valence-corrected chi connectivity index (χ1v) is 12.3. The van der Waals surface area contributed by atoms with Crippen LogP contribution < -0.4 is 5.32 Å². The highest BCUT2D eigenvalue weighted by atomic mass is 16.2. The van der Waals surface area contributed by atoms with E-state index in [-0.39, 0.29) is 11.8 Å². The summed E-state index contributed by atoms with van der Waals surface area (Å²) in [6.45, 7) is 3.09. The highest BCUT2D eigenvalue weighted by Gasteiger charge is 2.65. The number of fused-ring (bicyclic) bond motifs is 3. The van der Waals surface area contributed by atoms with Gasteiger partial charge in [0.2, 0.25) is 5.91 Å². The van der Waals surface area contributed by atoms with E-state index in [0.29, 0.717) is 0 Å². The van der Waals surface area contributed by atoms with Crippen LogP contribution >= 0.6 is 0 Å². The molecular formula is C30H30N4O. The molecule has 1 aliphatic carbocycles. The minimum atomic E-state index is -0.421. The molecule has 2 heterocycles. The van der Waals surface area contributed by atoms with Crippen LogP contribution in [0.1, 0.15) is 52.8 Å². The standard InChI is InChI=1S/C30H30N4O/c1-4-19-9-14-27-24(15-19)30(29(35)31-27)17-25(30)22-11-12-23-26(32-33-28(23)16-22)13-10-20-5-7-21(8-6-20)18-34(2)3/h5-16,25H,4,17-18H2,1-3H3,(H,31,35)(H,32,33)/t25-,30-/m0/s1. The van der Waals surface area contributed by atoms with E-state index in [1.54, 1.807) is 0 Å². The number of amides is 1. The van der Waals surface area contributed by atoms with Gasteiger partial charge in [0.15, 0.2) is 0 Å². The summed E-state index contributed by atoms with van der Waals surface area (Å²) in [6, 6.07) is 21.5. The molecule has 2 N–H and O–H groups in total. The first kappa shape index (κ1) is 21.8. The van der Waals surface area contributed by atoms with Gasteiger partial charge in [0, 0.05) is 23.5 Å². The highest BCUT2D eigenvalue weighted by Crippen LogP contribution is 2.65. The second-order valence-corrected chi connectivity index (χ2v) is 10.1. The Labute approximate surface area is 205 Å². The Kier molecular flexibility index (Phi) is 5.11. The van der Waals surface area contributed by atoms with Gasteiger partial charge >= 0.3 is 0 Å². The number of carbonyl (C=O) groups excluding carboxylic acids is 1. The number of hydrogen-bond acceptors (Lipinski definition) is 3. The van der Waals surface area contributed by atoms with Crippen molar-refractivity contribution in [2.75, 3.05) is 19.4 Å². The number of aromatic nitrogens is 2. The normalized spacial score (nSPS) is 20.8. The van der Waals surface area contributed by atoms with Crippen LogP contribution in [0.4, 0.5) is 5.69 Å². The number of benzene rings is 3. The third-order valence-corrected chi connectivity index (χ3v) is 7.52. The fourth-order valence-electron chi connectivity index (χ4n) is 5.54. The molecule has 35 heavy (non-hydrogen) atoms. The van der Waals surface area contributed by atoms with Crippen LogP contribution in [-0.4, -0.2) is 35.1 Å². The van der Waals surface area contributed by atoms with Gasteiger partial charge in [-0.25, -0.2) is 0 Å². The predicted molar refractivity (Wildman–Crippen MR) is 142 cm³/mol. The predicted octanol–water partition coefficient (Wildman–Crippen LogP) is 5.73. The maximum Gasteiger partial charge on any atom is 0.235 e. The van der Waals surface area contributed by atoms with Crippen molar-refractivity contribution in [3.63, 3.8) is 0 Å². The molecule has 1 amide bonds. The number of H-pyrrole nitrogens is 1. The van der Waals surface area contributed by atoms with Crippen molar-refractivity contribution < 1.29 is 4.79 Å². The summed E-state index contributed by atoms with van der Waals surface area (Å²) in [5.41, 5.74) is 8.56. The zero-order valence-electron chi connectivity index (χ0n) is 20.4. The number of anilines is 1.